The van der Waals surface area contributed by atoms with Gasteiger partial charge in [0.15, 0.2) is 0 Å². The van der Waals surface area contributed by atoms with Crippen LogP contribution in [0.25, 0.3) is 0 Å². The lowest BCUT2D eigenvalue weighted by atomic mass is 10.1. The number of benzene rings is 1. The van der Waals surface area contributed by atoms with Gasteiger partial charge in [-0.05, 0) is 37.1 Å². The first-order chi connectivity index (χ1) is 9.13. The minimum absolute atomic E-state index is 0.110. The quantitative estimate of drug-likeness (QED) is 0.846. The number of aromatic nitrogens is 1. The summed E-state index contributed by atoms with van der Waals surface area (Å²) in [6.07, 6.45) is 0.419. The van der Waals surface area contributed by atoms with E-state index in [1.54, 1.807) is 31.2 Å². The Bertz CT molecular complexity index is 698. The van der Waals surface area contributed by atoms with E-state index in [4.69, 9.17) is 5.26 Å². The van der Waals surface area contributed by atoms with Gasteiger partial charge in [-0.25, -0.2) is 4.39 Å². The van der Waals surface area contributed by atoms with E-state index in [1.165, 1.54) is 16.7 Å². The van der Waals surface area contributed by atoms with Crippen molar-refractivity contribution in [1.82, 2.24) is 4.57 Å². The molecule has 0 aliphatic carbocycles. The normalized spacial score (nSPS) is 10.2. The third-order valence-corrected chi connectivity index (χ3v) is 3.08. The van der Waals surface area contributed by atoms with E-state index in [1.807, 2.05) is 6.07 Å². The second kappa shape index (κ2) is 5.49. The van der Waals surface area contributed by atoms with Crippen molar-refractivity contribution in [2.45, 2.75) is 19.9 Å². The molecule has 0 unspecified atom stereocenters. The Morgan fingerprint density at radius 1 is 1.26 bits per heavy atom. The monoisotopic (exact) mass is 256 g/mol. The highest BCUT2D eigenvalue weighted by Gasteiger charge is 2.07. The first kappa shape index (κ1) is 13.0. The van der Waals surface area contributed by atoms with E-state index in [9.17, 15) is 9.18 Å². The number of aryl methyl sites for hydroxylation is 2. The van der Waals surface area contributed by atoms with E-state index in [-0.39, 0.29) is 16.9 Å². The Balaban J connectivity index is 2.28. The van der Waals surface area contributed by atoms with E-state index in [0.717, 1.165) is 5.69 Å². The van der Waals surface area contributed by atoms with Crippen LogP contribution in [0.1, 0.15) is 16.8 Å². The molecule has 0 saturated heterocycles. The van der Waals surface area contributed by atoms with Crippen LogP contribution in [0.5, 0.6) is 0 Å². The highest BCUT2D eigenvalue weighted by molar-refractivity contribution is 5.27. The molecule has 2 aromatic rings. The molecule has 0 fully saturated rings. The maximum atomic E-state index is 13.5. The maximum absolute atomic E-state index is 13.5. The molecule has 1 aromatic carbocycles. The Hall–Kier alpha value is -2.41. The van der Waals surface area contributed by atoms with Crippen LogP contribution in [-0.2, 0) is 13.0 Å². The Kier molecular flexibility index (Phi) is 3.76. The van der Waals surface area contributed by atoms with E-state index >= 15 is 0 Å². The van der Waals surface area contributed by atoms with Gasteiger partial charge in [-0.2, -0.15) is 5.26 Å². The second-order valence-electron chi connectivity index (χ2n) is 4.30. The van der Waals surface area contributed by atoms with Gasteiger partial charge in [-0.15, -0.1) is 0 Å². The molecular weight excluding hydrogens is 243 g/mol. The van der Waals surface area contributed by atoms with E-state index in [0.29, 0.717) is 18.5 Å². The van der Waals surface area contributed by atoms with Crippen LogP contribution < -0.4 is 5.56 Å². The zero-order valence-corrected chi connectivity index (χ0v) is 10.6. The van der Waals surface area contributed by atoms with Crippen molar-refractivity contribution in [2.75, 3.05) is 0 Å². The first-order valence-corrected chi connectivity index (χ1v) is 5.97. The molecule has 3 nitrogen and oxygen atoms in total. The van der Waals surface area contributed by atoms with Gasteiger partial charge in [0.05, 0.1) is 0 Å². The van der Waals surface area contributed by atoms with Gasteiger partial charge < -0.3 is 4.57 Å². The van der Waals surface area contributed by atoms with Crippen LogP contribution in [0.2, 0.25) is 0 Å². The van der Waals surface area contributed by atoms with Gasteiger partial charge >= 0.3 is 0 Å². The summed E-state index contributed by atoms with van der Waals surface area (Å²) < 4.78 is 15.0. The van der Waals surface area contributed by atoms with Gasteiger partial charge in [0.2, 0.25) is 0 Å². The molecule has 0 N–H and O–H groups in total. The summed E-state index contributed by atoms with van der Waals surface area (Å²) in [7, 11) is 0. The topological polar surface area (TPSA) is 45.8 Å². The number of pyridine rings is 1. The predicted octanol–water partition coefficient (Wildman–Crippen LogP) is 2.41. The van der Waals surface area contributed by atoms with Crippen molar-refractivity contribution in [2.24, 2.45) is 0 Å². The van der Waals surface area contributed by atoms with Crippen LogP contribution in [0.3, 0.4) is 0 Å². The lowest BCUT2D eigenvalue weighted by molar-refractivity contribution is 0.584. The Morgan fingerprint density at radius 3 is 2.68 bits per heavy atom. The van der Waals surface area contributed by atoms with E-state index < -0.39 is 0 Å². The molecular formula is C15H13FN2O. The summed E-state index contributed by atoms with van der Waals surface area (Å²) in [5.41, 5.74) is 1.12. The third-order valence-electron chi connectivity index (χ3n) is 3.08. The van der Waals surface area contributed by atoms with Crippen molar-refractivity contribution < 1.29 is 4.39 Å². The summed E-state index contributed by atoms with van der Waals surface area (Å²) in [6.45, 7) is 2.16. The maximum Gasteiger partial charge on any atom is 0.268 e. The van der Waals surface area contributed by atoms with Crippen LogP contribution in [0.15, 0.2) is 41.2 Å². The van der Waals surface area contributed by atoms with Crippen molar-refractivity contribution in [3.05, 3.63) is 69.4 Å². The molecule has 19 heavy (non-hydrogen) atoms. The van der Waals surface area contributed by atoms with Crippen molar-refractivity contribution in [3.8, 4) is 6.07 Å². The number of rotatable bonds is 3. The van der Waals surface area contributed by atoms with Crippen molar-refractivity contribution in [1.29, 1.82) is 5.26 Å². The van der Waals surface area contributed by atoms with Crippen LogP contribution >= 0.6 is 0 Å². The lowest BCUT2D eigenvalue weighted by Crippen LogP contribution is -2.25. The fourth-order valence-electron chi connectivity index (χ4n) is 1.97. The molecule has 4 heteroatoms. The molecule has 0 aliphatic heterocycles. The fourth-order valence-corrected chi connectivity index (χ4v) is 1.97. The smallest absolute Gasteiger partial charge is 0.268 e. The van der Waals surface area contributed by atoms with Gasteiger partial charge in [-0.1, -0.05) is 18.2 Å². The third kappa shape index (κ3) is 2.71. The largest absolute Gasteiger partial charge is 0.311 e. The summed E-state index contributed by atoms with van der Waals surface area (Å²) >= 11 is 0. The zero-order valence-electron chi connectivity index (χ0n) is 10.6. The molecule has 0 atom stereocenters. The minimum atomic E-state index is -0.321. The molecule has 1 aromatic heterocycles. The molecule has 0 spiro atoms. The van der Waals surface area contributed by atoms with E-state index in [2.05, 4.69) is 0 Å². The molecule has 0 saturated carbocycles. The molecule has 2 rings (SSSR count). The summed E-state index contributed by atoms with van der Waals surface area (Å²) in [4.78, 5) is 12.0. The van der Waals surface area contributed by atoms with Gasteiger partial charge in [0.25, 0.3) is 5.56 Å². The summed E-state index contributed by atoms with van der Waals surface area (Å²) in [5, 5.41) is 8.84. The number of hydrogen-bond acceptors (Lipinski definition) is 2. The molecule has 0 amide bonds. The van der Waals surface area contributed by atoms with Gasteiger partial charge in [0, 0.05) is 12.2 Å². The average Bonchev–Trinajstić information content (AvgIpc) is 2.40. The minimum Gasteiger partial charge on any atom is -0.311 e. The Labute approximate surface area is 110 Å². The van der Waals surface area contributed by atoms with Gasteiger partial charge in [0.1, 0.15) is 17.4 Å². The van der Waals surface area contributed by atoms with Crippen molar-refractivity contribution >= 4 is 0 Å². The molecule has 1 heterocycles. The highest BCUT2D eigenvalue weighted by Crippen LogP contribution is 2.08. The Morgan fingerprint density at radius 2 is 2.00 bits per heavy atom. The number of hydrogen-bond donors (Lipinski definition) is 0. The first-order valence-electron chi connectivity index (χ1n) is 5.97. The number of nitrogens with zero attached hydrogens (tertiary/aromatic N) is 2. The lowest BCUT2D eigenvalue weighted by Gasteiger charge is -2.10. The molecule has 96 valence electrons. The average molecular weight is 256 g/mol. The fraction of sp³-hybridized carbons (Fsp3) is 0.200. The summed E-state index contributed by atoms with van der Waals surface area (Å²) in [5.74, 6) is -0.273. The zero-order chi connectivity index (χ0) is 13.8. The van der Waals surface area contributed by atoms with Crippen LogP contribution in [0, 0.1) is 24.1 Å². The standard InChI is InChI=1S/C15H13FN2O/c1-11-6-7-13(10-17)15(19)18(11)9-8-12-4-2-3-5-14(12)16/h2-7H,8-9H2,1H3. The second-order valence-corrected chi connectivity index (χ2v) is 4.30. The number of halogens is 1. The molecule has 0 aliphatic rings. The number of nitriles is 1. The molecule has 0 radical (unpaired) electrons. The SMILES string of the molecule is Cc1ccc(C#N)c(=O)n1CCc1ccccc1F. The van der Waals surface area contributed by atoms with Crippen LogP contribution in [-0.4, -0.2) is 4.57 Å². The predicted molar refractivity (Wildman–Crippen MR) is 70.3 cm³/mol. The van der Waals surface area contributed by atoms with Crippen molar-refractivity contribution in [3.63, 3.8) is 0 Å². The summed E-state index contributed by atoms with van der Waals surface area (Å²) in [6, 6.07) is 11.6. The van der Waals surface area contributed by atoms with Crippen LogP contribution in [0.4, 0.5) is 4.39 Å². The highest BCUT2D eigenvalue weighted by atomic mass is 19.1. The molecule has 0 bridgehead atoms. The van der Waals surface area contributed by atoms with Gasteiger partial charge in [-0.3, -0.25) is 4.79 Å².